The summed E-state index contributed by atoms with van der Waals surface area (Å²) in [5, 5.41) is 7.36. The number of pyridine rings is 1. The van der Waals surface area contributed by atoms with Gasteiger partial charge < -0.3 is 9.84 Å². The van der Waals surface area contributed by atoms with Crippen LogP contribution in [0.1, 0.15) is 32.7 Å². The number of thiophene rings is 1. The molecule has 0 saturated carbocycles. The fourth-order valence-corrected chi connectivity index (χ4v) is 5.22. The van der Waals surface area contributed by atoms with Crippen LogP contribution < -0.4 is 5.32 Å². The Morgan fingerprint density at radius 3 is 2.45 bits per heavy atom. The average molecular weight is 456 g/mol. The van der Waals surface area contributed by atoms with Gasteiger partial charge in [0.2, 0.25) is 0 Å². The van der Waals surface area contributed by atoms with Crippen LogP contribution in [-0.4, -0.2) is 30.2 Å². The van der Waals surface area contributed by atoms with E-state index >= 15 is 0 Å². The Morgan fingerprint density at radius 1 is 1.13 bits per heavy atom. The van der Waals surface area contributed by atoms with E-state index in [0.29, 0.717) is 33.7 Å². The maximum Gasteiger partial charge on any atom is 0.259 e. The van der Waals surface area contributed by atoms with Crippen LogP contribution in [0.15, 0.2) is 45.8 Å². The van der Waals surface area contributed by atoms with E-state index in [4.69, 9.17) is 4.52 Å². The van der Waals surface area contributed by atoms with Crippen molar-refractivity contribution in [1.82, 2.24) is 10.1 Å². The number of sulfone groups is 1. The zero-order valence-corrected chi connectivity index (χ0v) is 19.1. The minimum atomic E-state index is -3.30. The zero-order valence-electron chi connectivity index (χ0n) is 17.5. The van der Waals surface area contributed by atoms with E-state index in [2.05, 4.69) is 15.5 Å². The van der Waals surface area contributed by atoms with Crippen molar-refractivity contribution in [3.8, 4) is 11.3 Å². The van der Waals surface area contributed by atoms with Gasteiger partial charge in [0, 0.05) is 21.0 Å². The molecule has 1 N–H and O–H groups in total. The van der Waals surface area contributed by atoms with Crippen molar-refractivity contribution >= 4 is 43.9 Å². The van der Waals surface area contributed by atoms with Gasteiger partial charge in [0.15, 0.2) is 9.84 Å². The van der Waals surface area contributed by atoms with E-state index in [0.717, 1.165) is 15.3 Å². The number of fused-ring (bicyclic) bond motifs is 1. The van der Waals surface area contributed by atoms with Crippen LogP contribution >= 0.6 is 11.3 Å². The van der Waals surface area contributed by atoms with Gasteiger partial charge in [-0.1, -0.05) is 12.1 Å². The number of nitrogens with zero attached hydrogens (tertiary/aromatic N) is 2. The first kappa shape index (κ1) is 21.2. The highest BCUT2D eigenvalue weighted by molar-refractivity contribution is 7.91. The maximum atomic E-state index is 13.2. The van der Waals surface area contributed by atoms with Crippen LogP contribution in [-0.2, 0) is 9.84 Å². The van der Waals surface area contributed by atoms with Crippen molar-refractivity contribution in [2.45, 2.75) is 32.6 Å². The fraction of sp³-hybridized carbons (Fsp3) is 0.227. The summed E-state index contributed by atoms with van der Waals surface area (Å²) in [7, 11) is -3.30. The average Bonchev–Trinajstić information content (AvgIpc) is 3.29. The standard InChI is InChI=1S/C22H21N3O4S2/c1-5-31(27,28)16-8-6-15(7-9-16)23-21(26)18-11-19(17-10-12(2)30-14(17)4)24-22-20(18)13(3)25-29-22/h6-11H,5H2,1-4H3,(H,23,26). The van der Waals surface area contributed by atoms with Crippen molar-refractivity contribution in [3.63, 3.8) is 0 Å². The topological polar surface area (TPSA) is 102 Å². The largest absolute Gasteiger partial charge is 0.335 e. The van der Waals surface area contributed by atoms with Gasteiger partial charge in [-0.15, -0.1) is 11.3 Å². The first-order valence-electron chi connectivity index (χ1n) is 9.68. The quantitative estimate of drug-likeness (QED) is 0.458. The van der Waals surface area contributed by atoms with E-state index in [1.54, 1.807) is 43.4 Å². The molecule has 160 valence electrons. The Labute approximate surface area is 184 Å². The number of carbonyl (C=O) groups excluding carboxylic acids is 1. The Hall–Kier alpha value is -3.04. The minimum Gasteiger partial charge on any atom is -0.335 e. The number of aromatic nitrogens is 2. The molecule has 1 amide bonds. The number of benzene rings is 1. The molecule has 0 radical (unpaired) electrons. The van der Waals surface area contributed by atoms with Gasteiger partial charge in [0.25, 0.3) is 11.6 Å². The number of carbonyl (C=O) groups is 1. The molecule has 0 aliphatic carbocycles. The van der Waals surface area contributed by atoms with Crippen LogP contribution in [0.3, 0.4) is 0 Å². The van der Waals surface area contributed by atoms with Crippen LogP contribution in [0, 0.1) is 20.8 Å². The molecule has 0 aliphatic heterocycles. The minimum absolute atomic E-state index is 0.0186. The van der Waals surface area contributed by atoms with E-state index in [1.807, 2.05) is 19.9 Å². The van der Waals surface area contributed by atoms with Crippen molar-refractivity contribution in [2.75, 3.05) is 11.1 Å². The highest BCUT2D eigenvalue weighted by Crippen LogP contribution is 2.33. The number of rotatable bonds is 5. The molecule has 4 aromatic rings. The number of aryl methyl sites for hydroxylation is 3. The van der Waals surface area contributed by atoms with Crippen molar-refractivity contribution in [3.05, 3.63) is 57.4 Å². The van der Waals surface area contributed by atoms with Crippen LogP contribution in [0.4, 0.5) is 5.69 Å². The first-order valence-corrected chi connectivity index (χ1v) is 12.1. The van der Waals surface area contributed by atoms with Crippen LogP contribution in [0.2, 0.25) is 0 Å². The molecule has 0 bridgehead atoms. The third-order valence-electron chi connectivity index (χ3n) is 5.03. The highest BCUT2D eigenvalue weighted by atomic mass is 32.2. The molecule has 4 rings (SSSR count). The second-order valence-electron chi connectivity index (χ2n) is 7.21. The molecular formula is C22H21N3O4S2. The number of nitrogens with one attached hydrogen (secondary N) is 1. The summed E-state index contributed by atoms with van der Waals surface area (Å²) in [6.07, 6.45) is 0. The van der Waals surface area contributed by atoms with Gasteiger partial charge in [0.05, 0.1) is 33.0 Å². The SMILES string of the molecule is CCS(=O)(=O)c1ccc(NC(=O)c2cc(-c3cc(C)sc3C)nc3onc(C)c23)cc1. The van der Waals surface area contributed by atoms with E-state index in [9.17, 15) is 13.2 Å². The van der Waals surface area contributed by atoms with E-state index < -0.39 is 9.84 Å². The highest BCUT2D eigenvalue weighted by Gasteiger charge is 2.21. The predicted molar refractivity (Wildman–Crippen MR) is 121 cm³/mol. The number of hydrogen-bond donors (Lipinski definition) is 1. The zero-order chi connectivity index (χ0) is 22.3. The summed E-state index contributed by atoms with van der Waals surface area (Å²) in [5.74, 6) is -0.333. The lowest BCUT2D eigenvalue weighted by Gasteiger charge is -2.09. The lowest BCUT2D eigenvalue weighted by Crippen LogP contribution is -2.13. The lowest BCUT2D eigenvalue weighted by atomic mass is 10.1. The molecule has 0 unspecified atom stereocenters. The van der Waals surface area contributed by atoms with Crippen LogP contribution in [0.5, 0.6) is 0 Å². The van der Waals surface area contributed by atoms with Gasteiger partial charge in [-0.25, -0.2) is 13.4 Å². The smallest absolute Gasteiger partial charge is 0.259 e. The summed E-state index contributed by atoms with van der Waals surface area (Å²) in [5.41, 5.74) is 3.34. The lowest BCUT2D eigenvalue weighted by molar-refractivity contribution is 0.102. The van der Waals surface area contributed by atoms with Gasteiger partial charge in [0.1, 0.15) is 0 Å². The second-order valence-corrected chi connectivity index (χ2v) is 11.0. The Balaban J connectivity index is 1.73. The second kappa shape index (κ2) is 7.90. The van der Waals surface area contributed by atoms with Gasteiger partial charge in [-0.05, 0) is 57.2 Å². The monoisotopic (exact) mass is 455 g/mol. The molecule has 3 aromatic heterocycles. The van der Waals surface area contributed by atoms with Gasteiger partial charge >= 0.3 is 0 Å². The summed E-state index contributed by atoms with van der Waals surface area (Å²) in [4.78, 5) is 20.2. The summed E-state index contributed by atoms with van der Waals surface area (Å²) >= 11 is 1.66. The third-order valence-corrected chi connectivity index (χ3v) is 7.75. The summed E-state index contributed by atoms with van der Waals surface area (Å²) in [6, 6.07) is 9.91. The van der Waals surface area contributed by atoms with Crippen LogP contribution in [0.25, 0.3) is 22.4 Å². The third kappa shape index (κ3) is 3.98. The normalized spacial score (nSPS) is 11.7. The molecule has 0 fully saturated rings. The first-order chi connectivity index (χ1) is 14.7. The Kier molecular flexibility index (Phi) is 5.40. The summed E-state index contributed by atoms with van der Waals surface area (Å²) in [6.45, 7) is 7.38. The van der Waals surface area contributed by atoms with Gasteiger partial charge in [-0.2, -0.15) is 0 Å². The molecule has 7 nitrogen and oxygen atoms in total. The number of anilines is 1. The number of amides is 1. The number of hydrogen-bond acceptors (Lipinski definition) is 7. The maximum absolute atomic E-state index is 13.2. The molecule has 3 heterocycles. The van der Waals surface area contributed by atoms with Crippen molar-refractivity contribution < 1.29 is 17.7 Å². The Bertz CT molecular complexity index is 1400. The Morgan fingerprint density at radius 2 is 1.84 bits per heavy atom. The molecular weight excluding hydrogens is 434 g/mol. The van der Waals surface area contributed by atoms with Crippen molar-refractivity contribution in [2.24, 2.45) is 0 Å². The molecule has 9 heteroatoms. The molecule has 1 aromatic carbocycles. The molecule has 0 atom stereocenters. The van der Waals surface area contributed by atoms with E-state index in [1.165, 1.54) is 12.1 Å². The predicted octanol–water partition coefficient (Wildman–Crippen LogP) is 4.92. The molecule has 31 heavy (non-hydrogen) atoms. The molecule has 0 spiro atoms. The molecule has 0 saturated heterocycles. The molecule has 0 aliphatic rings. The van der Waals surface area contributed by atoms with Crippen molar-refractivity contribution in [1.29, 1.82) is 0 Å². The summed E-state index contributed by atoms with van der Waals surface area (Å²) < 4.78 is 29.4. The fourth-order valence-electron chi connectivity index (χ4n) is 3.41. The van der Waals surface area contributed by atoms with Gasteiger partial charge in [-0.3, -0.25) is 4.79 Å². The van der Waals surface area contributed by atoms with E-state index in [-0.39, 0.29) is 16.6 Å².